The third-order valence-electron chi connectivity index (χ3n) is 1.78. The minimum atomic E-state index is 0.491. The van der Waals surface area contributed by atoms with Gasteiger partial charge in [0.1, 0.15) is 5.82 Å². The number of aromatic nitrogens is 1. The minimum Gasteiger partial charge on any atom is -0.383 e. The standard InChI is InChI=1S/C10H8ClIN4S/c11-7-1-6(2-8(12)3-7)4-14-16-10-15-9(13)5-17-10/h1-5H,13H2,(H,15,16). The molecular formula is C10H8ClIN4S. The van der Waals surface area contributed by atoms with E-state index in [1.807, 2.05) is 18.2 Å². The Bertz CT molecular complexity index is 535. The van der Waals surface area contributed by atoms with Crippen molar-refractivity contribution in [1.29, 1.82) is 0 Å². The van der Waals surface area contributed by atoms with Crippen LogP contribution in [0.4, 0.5) is 10.9 Å². The van der Waals surface area contributed by atoms with Crippen molar-refractivity contribution in [2.45, 2.75) is 0 Å². The molecule has 88 valence electrons. The number of halogens is 2. The van der Waals surface area contributed by atoms with E-state index in [-0.39, 0.29) is 0 Å². The molecule has 0 aliphatic heterocycles. The molecule has 3 N–H and O–H groups in total. The number of hydrogen-bond donors (Lipinski definition) is 2. The fourth-order valence-corrected chi connectivity index (χ4v) is 2.82. The summed E-state index contributed by atoms with van der Waals surface area (Å²) < 4.78 is 1.06. The van der Waals surface area contributed by atoms with Gasteiger partial charge >= 0.3 is 0 Å². The van der Waals surface area contributed by atoms with E-state index in [9.17, 15) is 0 Å². The maximum atomic E-state index is 5.94. The molecule has 1 aromatic heterocycles. The number of hydrazone groups is 1. The van der Waals surface area contributed by atoms with E-state index in [0.29, 0.717) is 16.0 Å². The van der Waals surface area contributed by atoms with Crippen molar-refractivity contribution in [2.75, 3.05) is 11.2 Å². The van der Waals surface area contributed by atoms with Crippen LogP contribution in [0.5, 0.6) is 0 Å². The molecule has 0 spiro atoms. The van der Waals surface area contributed by atoms with E-state index in [4.69, 9.17) is 17.3 Å². The lowest BCUT2D eigenvalue weighted by Gasteiger charge is -1.97. The molecule has 0 atom stereocenters. The van der Waals surface area contributed by atoms with Gasteiger partial charge < -0.3 is 5.73 Å². The maximum absolute atomic E-state index is 5.94. The number of nitrogens with one attached hydrogen (secondary N) is 1. The minimum absolute atomic E-state index is 0.491. The van der Waals surface area contributed by atoms with Crippen LogP contribution in [-0.2, 0) is 0 Å². The molecule has 0 aliphatic rings. The molecule has 17 heavy (non-hydrogen) atoms. The van der Waals surface area contributed by atoms with Crippen molar-refractivity contribution in [3.63, 3.8) is 0 Å². The van der Waals surface area contributed by atoms with Crippen molar-refractivity contribution in [1.82, 2.24) is 4.98 Å². The molecule has 7 heteroatoms. The highest BCUT2D eigenvalue weighted by Gasteiger charge is 1.97. The predicted molar refractivity (Wildman–Crippen MR) is 81.9 cm³/mol. The van der Waals surface area contributed by atoms with Crippen LogP contribution in [0.3, 0.4) is 0 Å². The highest BCUT2D eigenvalue weighted by Crippen LogP contribution is 2.17. The first-order chi connectivity index (χ1) is 8.13. The summed E-state index contributed by atoms with van der Waals surface area (Å²) in [6, 6.07) is 5.70. The van der Waals surface area contributed by atoms with Gasteiger partial charge in [0.2, 0.25) is 5.13 Å². The van der Waals surface area contributed by atoms with Gasteiger partial charge in [-0.2, -0.15) is 5.10 Å². The van der Waals surface area contributed by atoms with E-state index >= 15 is 0 Å². The smallest absolute Gasteiger partial charge is 0.205 e. The van der Waals surface area contributed by atoms with Crippen molar-refractivity contribution in [3.05, 3.63) is 37.7 Å². The van der Waals surface area contributed by atoms with Gasteiger partial charge in [-0.15, -0.1) is 11.3 Å². The van der Waals surface area contributed by atoms with E-state index < -0.39 is 0 Å². The van der Waals surface area contributed by atoms with E-state index in [1.165, 1.54) is 11.3 Å². The Kier molecular flexibility index (Phi) is 4.19. The number of anilines is 2. The van der Waals surface area contributed by atoms with Gasteiger partial charge in [-0.05, 0) is 46.4 Å². The summed E-state index contributed by atoms with van der Waals surface area (Å²) in [7, 11) is 0. The SMILES string of the molecule is Nc1csc(NN=Cc2cc(Cl)cc(I)c2)n1. The first kappa shape index (κ1) is 12.6. The molecule has 2 aromatic rings. The monoisotopic (exact) mass is 378 g/mol. The number of benzene rings is 1. The first-order valence-electron chi connectivity index (χ1n) is 4.59. The fraction of sp³-hybridized carbons (Fsp3) is 0. The number of nitrogens with zero attached hydrogens (tertiary/aromatic N) is 2. The Morgan fingerprint density at radius 3 is 2.94 bits per heavy atom. The van der Waals surface area contributed by atoms with Crippen molar-refractivity contribution in [2.24, 2.45) is 5.10 Å². The molecule has 0 fully saturated rings. The van der Waals surface area contributed by atoms with Crippen LogP contribution in [0.2, 0.25) is 5.02 Å². The molecule has 1 aromatic carbocycles. The zero-order valence-electron chi connectivity index (χ0n) is 8.52. The largest absolute Gasteiger partial charge is 0.383 e. The molecule has 2 rings (SSSR count). The first-order valence-corrected chi connectivity index (χ1v) is 6.93. The molecule has 0 saturated carbocycles. The Morgan fingerprint density at radius 2 is 2.29 bits per heavy atom. The van der Waals surface area contributed by atoms with Gasteiger partial charge in [0, 0.05) is 14.0 Å². The van der Waals surface area contributed by atoms with Crippen LogP contribution in [-0.4, -0.2) is 11.2 Å². The van der Waals surface area contributed by atoms with Gasteiger partial charge in [0.15, 0.2) is 0 Å². The van der Waals surface area contributed by atoms with Crippen LogP contribution >= 0.6 is 45.5 Å². The number of nitrogens with two attached hydrogens (primary N) is 1. The Morgan fingerprint density at radius 1 is 1.47 bits per heavy atom. The summed E-state index contributed by atoms with van der Waals surface area (Å²) in [5, 5.41) is 7.17. The Labute approximate surface area is 121 Å². The molecule has 4 nitrogen and oxygen atoms in total. The Balaban J connectivity index is 2.05. The fourth-order valence-electron chi connectivity index (χ4n) is 1.15. The van der Waals surface area contributed by atoms with Crippen LogP contribution in [0.15, 0.2) is 28.7 Å². The second kappa shape index (κ2) is 5.65. The molecule has 0 unspecified atom stereocenters. The second-order valence-electron chi connectivity index (χ2n) is 3.15. The van der Waals surface area contributed by atoms with Gasteiger partial charge in [0.25, 0.3) is 0 Å². The molecule has 0 saturated heterocycles. The van der Waals surface area contributed by atoms with Crippen LogP contribution in [0.1, 0.15) is 5.56 Å². The number of rotatable bonds is 3. The normalized spacial score (nSPS) is 10.9. The zero-order chi connectivity index (χ0) is 12.3. The molecule has 0 bridgehead atoms. The summed E-state index contributed by atoms with van der Waals surface area (Å²) in [4.78, 5) is 4.02. The van der Waals surface area contributed by atoms with Crippen LogP contribution < -0.4 is 11.2 Å². The number of thiazole rings is 1. The second-order valence-corrected chi connectivity index (χ2v) is 5.69. The van der Waals surface area contributed by atoms with E-state index in [0.717, 1.165) is 9.13 Å². The van der Waals surface area contributed by atoms with Crippen LogP contribution in [0, 0.1) is 3.57 Å². The van der Waals surface area contributed by atoms with Gasteiger partial charge in [-0.1, -0.05) is 11.6 Å². The maximum Gasteiger partial charge on any atom is 0.205 e. The van der Waals surface area contributed by atoms with Gasteiger partial charge in [-0.3, -0.25) is 5.43 Å². The zero-order valence-corrected chi connectivity index (χ0v) is 12.3. The quantitative estimate of drug-likeness (QED) is 0.489. The predicted octanol–water partition coefficient (Wildman–Crippen LogP) is 3.43. The molecule has 1 heterocycles. The molecule has 0 amide bonds. The average molecular weight is 379 g/mol. The molecular weight excluding hydrogens is 371 g/mol. The van der Waals surface area contributed by atoms with E-state index in [1.54, 1.807) is 11.6 Å². The van der Waals surface area contributed by atoms with E-state index in [2.05, 4.69) is 38.1 Å². The average Bonchev–Trinajstić information content (AvgIpc) is 2.63. The summed E-state index contributed by atoms with van der Waals surface area (Å²) in [6.07, 6.45) is 1.69. The van der Waals surface area contributed by atoms with Gasteiger partial charge in [-0.25, -0.2) is 4.98 Å². The van der Waals surface area contributed by atoms with Crippen LogP contribution in [0.25, 0.3) is 0 Å². The highest BCUT2D eigenvalue weighted by atomic mass is 127. The third kappa shape index (κ3) is 3.83. The highest BCUT2D eigenvalue weighted by molar-refractivity contribution is 14.1. The Hall–Kier alpha value is -0.860. The third-order valence-corrected chi connectivity index (χ3v) is 3.39. The van der Waals surface area contributed by atoms with Gasteiger partial charge in [0.05, 0.1) is 6.21 Å². The number of nitrogen functional groups attached to an aromatic ring is 1. The van der Waals surface area contributed by atoms with Crippen molar-refractivity contribution < 1.29 is 0 Å². The summed E-state index contributed by atoms with van der Waals surface area (Å²) >= 11 is 9.54. The molecule has 0 radical (unpaired) electrons. The summed E-state index contributed by atoms with van der Waals surface area (Å²) in [5.41, 5.74) is 9.22. The summed E-state index contributed by atoms with van der Waals surface area (Å²) in [5.74, 6) is 0.491. The van der Waals surface area contributed by atoms with Crippen molar-refractivity contribution >= 4 is 62.7 Å². The number of hydrogen-bond acceptors (Lipinski definition) is 5. The molecule has 0 aliphatic carbocycles. The lowest BCUT2D eigenvalue weighted by molar-refractivity contribution is 1.29. The van der Waals surface area contributed by atoms with Crippen molar-refractivity contribution in [3.8, 4) is 0 Å². The topological polar surface area (TPSA) is 63.3 Å². The lowest BCUT2D eigenvalue weighted by Crippen LogP contribution is -1.91. The summed E-state index contributed by atoms with van der Waals surface area (Å²) in [6.45, 7) is 0. The lowest BCUT2D eigenvalue weighted by atomic mass is 10.2.